The highest BCUT2D eigenvalue weighted by atomic mass is 16.5. The molecule has 0 aliphatic carbocycles. The van der Waals surface area contributed by atoms with E-state index >= 15 is 0 Å². The molecule has 2 unspecified atom stereocenters. The van der Waals surface area contributed by atoms with E-state index in [1.807, 2.05) is 79.7 Å². The Morgan fingerprint density at radius 3 is 2.35 bits per heavy atom. The lowest BCUT2D eigenvalue weighted by Crippen LogP contribution is -2.31. The van der Waals surface area contributed by atoms with Gasteiger partial charge in [-0.3, -0.25) is 9.59 Å². The van der Waals surface area contributed by atoms with Crippen molar-refractivity contribution in [1.29, 1.82) is 0 Å². The summed E-state index contributed by atoms with van der Waals surface area (Å²) < 4.78 is 17.6. The number of ether oxygens (including phenoxy) is 3. The molecule has 218 valence electrons. The molecule has 2 aliphatic rings. The number of methoxy groups -OCH3 is 1. The van der Waals surface area contributed by atoms with Crippen LogP contribution in [0.5, 0.6) is 17.2 Å². The molecule has 7 nitrogen and oxygen atoms in total. The maximum atomic E-state index is 13.6. The lowest BCUT2D eigenvalue weighted by molar-refractivity contribution is -0.139. The number of fused-ring (bicyclic) bond motifs is 1. The minimum absolute atomic E-state index is 0.0334. The summed E-state index contributed by atoms with van der Waals surface area (Å²) in [5.74, 6) is 0.180. The number of aliphatic hydroxyl groups excluding tert-OH is 1. The first kappa shape index (κ1) is 28.1. The number of rotatable bonds is 9. The molecule has 0 bridgehead atoms. The molecule has 2 atom stereocenters. The summed E-state index contributed by atoms with van der Waals surface area (Å²) in [4.78, 5) is 28.7. The van der Waals surface area contributed by atoms with Gasteiger partial charge in [0, 0.05) is 18.5 Å². The van der Waals surface area contributed by atoms with Gasteiger partial charge in [0.05, 0.1) is 18.7 Å². The predicted octanol–water partition coefficient (Wildman–Crippen LogP) is 6.26. The molecule has 0 saturated carbocycles. The van der Waals surface area contributed by atoms with Gasteiger partial charge in [-0.15, -0.1) is 0 Å². The van der Waals surface area contributed by atoms with Gasteiger partial charge in [-0.05, 0) is 65.9 Å². The van der Waals surface area contributed by atoms with Crippen LogP contribution in [0.25, 0.3) is 5.76 Å². The third-order valence-corrected chi connectivity index (χ3v) is 7.93. The molecular weight excluding hydrogens is 542 g/mol. The van der Waals surface area contributed by atoms with Gasteiger partial charge in [-0.2, -0.15) is 0 Å². The van der Waals surface area contributed by atoms with Gasteiger partial charge < -0.3 is 24.2 Å². The zero-order valence-electron chi connectivity index (χ0n) is 24.2. The molecule has 7 heteroatoms. The number of ketones is 1. The molecule has 1 fully saturated rings. The summed E-state index contributed by atoms with van der Waals surface area (Å²) in [5.41, 5.74) is 4.15. The van der Waals surface area contributed by atoms with E-state index in [-0.39, 0.29) is 17.4 Å². The smallest absolute Gasteiger partial charge is 0.295 e. The van der Waals surface area contributed by atoms with Crippen LogP contribution in [0.15, 0.2) is 103 Å². The molecular formula is C36H33NO6. The Morgan fingerprint density at radius 2 is 1.63 bits per heavy atom. The number of aliphatic hydroxyl groups is 1. The second-order valence-corrected chi connectivity index (χ2v) is 10.9. The SMILES string of the molecule is COc1cc(C2/C(=C(\O)c3ccc4c(c3)CC(C)O4)C(=O)C(=O)N2CCc2ccccc2)ccc1OCc1ccccc1. The summed E-state index contributed by atoms with van der Waals surface area (Å²) in [7, 11) is 1.55. The van der Waals surface area contributed by atoms with Crippen LogP contribution in [0, 0.1) is 0 Å². The molecule has 2 aliphatic heterocycles. The number of nitrogens with zero attached hydrogens (tertiary/aromatic N) is 1. The Morgan fingerprint density at radius 1 is 0.907 bits per heavy atom. The van der Waals surface area contributed by atoms with Crippen LogP contribution in [0.1, 0.15) is 40.8 Å². The Kier molecular flexibility index (Phi) is 7.88. The van der Waals surface area contributed by atoms with E-state index in [0.717, 1.165) is 22.4 Å². The molecule has 0 radical (unpaired) electrons. The fourth-order valence-corrected chi connectivity index (χ4v) is 5.79. The van der Waals surface area contributed by atoms with Gasteiger partial charge in [-0.25, -0.2) is 0 Å². The first-order valence-corrected chi connectivity index (χ1v) is 14.4. The molecule has 0 aromatic heterocycles. The van der Waals surface area contributed by atoms with Gasteiger partial charge in [0.25, 0.3) is 11.7 Å². The molecule has 4 aromatic carbocycles. The Bertz CT molecular complexity index is 1680. The van der Waals surface area contributed by atoms with Gasteiger partial charge in [0.15, 0.2) is 11.5 Å². The molecule has 43 heavy (non-hydrogen) atoms. The maximum absolute atomic E-state index is 13.6. The number of likely N-dealkylation sites (tertiary alicyclic amines) is 1. The van der Waals surface area contributed by atoms with Crippen molar-refractivity contribution in [1.82, 2.24) is 4.90 Å². The van der Waals surface area contributed by atoms with E-state index in [0.29, 0.717) is 48.6 Å². The second-order valence-electron chi connectivity index (χ2n) is 10.9. The van der Waals surface area contributed by atoms with Crippen molar-refractivity contribution in [3.8, 4) is 17.2 Å². The van der Waals surface area contributed by atoms with Gasteiger partial charge in [-0.1, -0.05) is 66.7 Å². The Labute approximate surface area is 250 Å². The zero-order chi connectivity index (χ0) is 29.9. The van der Waals surface area contributed by atoms with E-state index in [4.69, 9.17) is 14.2 Å². The average Bonchev–Trinajstić information content (AvgIpc) is 3.54. The Balaban J connectivity index is 1.39. The highest BCUT2D eigenvalue weighted by molar-refractivity contribution is 6.46. The topological polar surface area (TPSA) is 85.3 Å². The summed E-state index contributed by atoms with van der Waals surface area (Å²) in [6.07, 6.45) is 1.28. The zero-order valence-corrected chi connectivity index (χ0v) is 24.2. The lowest BCUT2D eigenvalue weighted by Gasteiger charge is -2.26. The number of Topliss-reactive ketones (excluding diaryl/α,β-unsaturated/α-hetero) is 1. The molecule has 2 heterocycles. The van der Waals surface area contributed by atoms with E-state index in [9.17, 15) is 14.7 Å². The van der Waals surface area contributed by atoms with E-state index in [1.165, 1.54) is 0 Å². The second kappa shape index (κ2) is 12.1. The van der Waals surface area contributed by atoms with Gasteiger partial charge in [0.1, 0.15) is 24.2 Å². The summed E-state index contributed by atoms with van der Waals surface area (Å²) in [6.45, 7) is 2.63. The highest BCUT2D eigenvalue weighted by Gasteiger charge is 2.46. The quantitative estimate of drug-likeness (QED) is 0.144. The highest BCUT2D eigenvalue weighted by Crippen LogP contribution is 2.43. The van der Waals surface area contributed by atoms with Crippen LogP contribution in [0.2, 0.25) is 0 Å². The number of benzene rings is 4. The molecule has 1 saturated heterocycles. The van der Waals surface area contributed by atoms with E-state index in [1.54, 1.807) is 36.3 Å². The van der Waals surface area contributed by atoms with Crippen molar-refractivity contribution in [3.63, 3.8) is 0 Å². The van der Waals surface area contributed by atoms with Crippen molar-refractivity contribution in [2.45, 2.75) is 38.5 Å². The monoisotopic (exact) mass is 575 g/mol. The third kappa shape index (κ3) is 5.71. The first-order valence-electron chi connectivity index (χ1n) is 14.4. The van der Waals surface area contributed by atoms with Crippen LogP contribution in [0.4, 0.5) is 0 Å². The number of carbonyl (C=O) groups is 2. The van der Waals surface area contributed by atoms with Crippen LogP contribution in [-0.4, -0.2) is 41.5 Å². The predicted molar refractivity (Wildman–Crippen MR) is 163 cm³/mol. The minimum Gasteiger partial charge on any atom is -0.507 e. The van der Waals surface area contributed by atoms with E-state index in [2.05, 4.69) is 0 Å². The molecule has 6 rings (SSSR count). The third-order valence-electron chi connectivity index (χ3n) is 7.93. The van der Waals surface area contributed by atoms with Crippen molar-refractivity contribution in [2.75, 3.05) is 13.7 Å². The minimum atomic E-state index is -0.816. The molecule has 1 N–H and O–H groups in total. The largest absolute Gasteiger partial charge is 0.507 e. The molecule has 4 aromatic rings. The van der Waals surface area contributed by atoms with Gasteiger partial charge in [0.2, 0.25) is 0 Å². The number of amides is 1. The number of hydrogen-bond donors (Lipinski definition) is 1. The maximum Gasteiger partial charge on any atom is 0.295 e. The van der Waals surface area contributed by atoms with Crippen LogP contribution < -0.4 is 14.2 Å². The summed E-state index contributed by atoms with van der Waals surface area (Å²) >= 11 is 0. The van der Waals surface area contributed by atoms with Crippen LogP contribution >= 0.6 is 0 Å². The summed E-state index contributed by atoms with van der Waals surface area (Å²) in [5, 5.41) is 11.6. The fraction of sp³-hybridized carbons (Fsp3) is 0.222. The Hall–Kier alpha value is -5.04. The molecule has 1 amide bonds. The van der Waals surface area contributed by atoms with Crippen molar-refractivity contribution in [2.24, 2.45) is 0 Å². The van der Waals surface area contributed by atoms with Crippen LogP contribution in [-0.2, 0) is 29.0 Å². The average molecular weight is 576 g/mol. The fourth-order valence-electron chi connectivity index (χ4n) is 5.79. The number of hydrogen-bond acceptors (Lipinski definition) is 6. The van der Waals surface area contributed by atoms with E-state index < -0.39 is 17.7 Å². The van der Waals surface area contributed by atoms with Gasteiger partial charge >= 0.3 is 0 Å². The first-order chi connectivity index (χ1) is 20.9. The standard InChI is InChI=1S/C36H33NO6/c1-23-19-28-20-27(14-15-29(28)43-23)34(38)32-33(37(36(40)35(32)39)18-17-24-9-5-3-6-10-24)26-13-16-30(31(21-26)41-2)42-22-25-11-7-4-8-12-25/h3-16,20-21,23,33,38H,17-19,22H2,1-2H3/b34-32+. The normalized spacial score (nSPS) is 18.8. The summed E-state index contributed by atoms with van der Waals surface area (Å²) in [6, 6.07) is 29.5. The van der Waals surface area contributed by atoms with Crippen LogP contribution in [0.3, 0.4) is 0 Å². The van der Waals surface area contributed by atoms with Crippen molar-refractivity contribution < 1.29 is 28.9 Å². The van der Waals surface area contributed by atoms with Crippen molar-refractivity contribution >= 4 is 17.4 Å². The molecule has 0 spiro atoms. The van der Waals surface area contributed by atoms with Crippen molar-refractivity contribution in [3.05, 3.63) is 130 Å². The lowest BCUT2D eigenvalue weighted by atomic mass is 9.94. The number of carbonyl (C=O) groups excluding carboxylic acids is 2.